The molecule has 2 aliphatic rings. The van der Waals surface area contributed by atoms with Crippen LogP contribution in [0.25, 0.3) is 0 Å². The van der Waals surface area contributed by atoms with E-state index in [2.05, 4.69) is 20.2 Å². The fourth-order valence-electron chi connectivity index (χ4n) is 3.66. The van der Waals surface area contributed by atoms with Gasteiger partial charge in [0, 0.05) is 19.2 Å². The lowest BCUT2D eigenvalue weighted by molar-refractivity contribution is -0.153. The van der Waals surface area contributed by atoms with Crippen LogP contribution in [0.1, 0.15) is 19.2 Å². The minimum Gasteiger partial charge on any atom is -0.377 e. The minimum absolute atomic E-state index is 0.00818. The molecule has 1 fully saturated rings. The van der Waals surface area contributed by atoms with Crippen molar-refractivity contribution in [3.8, 4) is 0 Å². The molecule has 2 aromatic heterocycles. The number of morpholine rings is 1. The van der Waals surface area contributed by atoms with Crippen molar-refractivity contribution in [2.24, 2.45) is 0 Å². The van der Waals surface area contributed by atoms with Crippen LogP contribution in [-0.4, -0.2) is 62.8 Å². The zero-order valence-corrected chi connectivity index (χ0v) is 15.2. The van der Waals surface area contributed by atoms with Crippen LogP contribution in [0.15, 0.2) is 17.2 Å². The summed E-state index contributed by atoms with van der Waals surface area (Å²) >= 11 is 0. The van der Waals surface area contributed by atoms with Gasteiger partial charge in [-0.2, -0.15) is 23.3 Å². The lowest BCUT2D eigenvalue weighted by atomic mass is 10.1. The molecule has 2 atom stereocenters. The number of aromatic amines is 1. The number of nitrogens with zero attached hydrogens (tertiary/aromatic N) is 6. The average molecular weight is 399 g/mol. The Morgan fingerprint density at radius 3 is 2.86 bits per heavy atom. The van der Waals surface area contributed by atoms with E-state index >= 15 is 0 Å². The number of H-pyrrole nitrogens is 1. The molecule has 0 bridgehead atoms. The third-order valence-corrected chi connectivity index (χ3v) is 5.06. The summed E-state index contributed by atoms with van der Waals surface area (Å²) < 4.78 is 47.8. The van der Waals surface area contributed by atoms with Crippen LogP contribution >= 0.6 is 0 Å². The third-order valence-electron chi connectivity index (χ3n) is 5.06. The van der Waals surface area contributed by atoms with Gasteiger partial charge in [0.05, 0.1) is 25.8 Å². The Bertz CT molecular complexity index is 883. The molecular weight excluding hydrogens is 379 g/mol. The van der Waals surface area contributed by atoms with Crippen molar-refractivity contribution in [2.45, 2.75) is 44.7 Å². The molecule has 152 valence electrons. The van der Waals surface area contributed by atoms with E-state index in [0.717, 1.165) is 4.90 Å². The van der Waals surface area contributed by atoms with Crippen LogP contribution in [0.4, 0.5) is 24.9 Å². The molecule has 0 spiro atoms. The van der Waals surface area contributed by atoms with Gasteiger partial charge in [0.1, 0.15) is 24.0 Å². The lowest BCUT2D eigenvalue weighted by Crippen LogP contribution is -2.52. The summed E-state index contributed by atoms with van der Waals surface area (Å²) in [5, 5.41) is 6.27. The quantitative estimate of drug-likeness (QED) is 0.821. The minimum atomic E-state index is -4.47. The van der Waals surface area contributed by atoms with Crippen molar-refractivity contribution >= 4 is 11.8 Å². The molecule has 0 aromatic carbocycles. The normalized spacial score (nSPS) is 23.0. The molecule has 28 heavy (non-hydrogen) atoms. The number of hydrogen-bond donors (Lipinski definition) is 1. The lowest BCUT2D eigenvalue weighted by Gasteiger charge is -2.40. The van der Waals surface area contributed by atoms with E-state index in [1.807, 2.05) is 11.8 Å². The van der Waals surface area contributed by atoms with Gasteiger partial charge in [-0.15, -0.1) is 0 Å². The molecule has 4 heterocycles. The van der Waals surface area contributed by atoms with E-state index in [9.17, 15) is 18.0 Å². The zero-order valence-electron chi connectivity index (χ0n) is 15.2. The van der Waals surface area contributed by atoms with Crippen LogP contribution in [0.2, 0.25) is 0 Å². The maximum atomic E-state index is 13.7. The predicted molar refractivity (Wildman–Crippen MR) is 93.1 cm³/mol. The summed E-state index contributed by atoms with van der Waals surface area (Å²) in [6.07, 6.45) is -3.47. The van der Waals surface area contributed by atoms with Gasteiger partial charge in [0.15, 0.2) is 0 Å². The number of halogens is 3. The van der Waals surface area contributed by atoms with Crippen LogP contribution in [0.5, 0.6) is 0 Å². The molecule has 0 radical (unpaired) electrons. The van der Waals surface area contributed by atoms with Crippen molar-refractivity contribution in [3.05, 3.63) is 28.6 Å². The molecular formula is C16H20F3N7O2. The largest absolute Gasteiger partial charge is 0.408 e. The topological polar surface area (TPSA) is 92.2 Å². The average Bonchev–Trinajstić information content (AvgIpc) is 3.14. The van der Waals surface area contributed by atoms with Gasteiger partial charge in [0.2, 0.25) is 5.95 Å². The highest BCUT2D eigenvalue weighted by atomic mass is 19.4. The first kappa shape index (κ1) is 18.7. The first-order chi connectivity index (χ1) is 13.3. The molecule has 0 unspecified atom stereocenters. The number of hydrogen-bond acceptors (Lipinski definition) is 7. The first-order valence-corrected chi connectivity index (χ1v) is 8.98. The van der Waals surface area contributed by atoms with E-state index in [1.54, 1.807) is 0 Å². The standard InChI is InChI=1S/C16H20F3N7O2/c1-10-8-28-5-4-24(10)13-6-14(27)25-3-2-11(16(17,18)19)26(15(25)22-13)7-12-20-9-21-23-12/h6,9-11H,2-5,7-8H2,1H3,(H,20,21,23)/t10-,11+/m1/s1. The van der Waals surface area contributed by atoms with Crippen LogP contribution in [0, 0.1) is 0 Å². The van der Waals surface area contributed by atoms with Crippen molar-refractivity contribution in [1.29, 1.82) is 0 Å². The van der Waals surface area contributed by atoms with Gasteiger partial charge in [-0.3, -0.25) is 14.5 Å². The van der Waals surface area contributed by atoms with E-state index < -0.39 is 12.2 Å². The molecule has 2 aliphatic heterocycles. The summed E-state index contributed by atoms with van der Waals surface area (Å²) in [5.74, 6) is 0.616. The Hall–Kier alpha value is -2.63. The maximum Gasteiger partial charge on any atom is 0.408 e. The molecule has 0 saturated carbocycles. The zero-order chi connectivity index (χ0) is 19.9. The molecule has 0 amide bonds. The highest BCUT2D eigenvalue weighted by Crippen LogP contribution is 2.35. The first-order valence-electron chi connectivity index (χ1n) is 8.98. The number of fused-ring (bicyclic) bond motifs is 1. The highest BCUT2D eigenvalue weighted by molar-refractivity contribution is 5.47. The summed E-state index contributed by atoms with van der Waals surface area (Å²) in [5.41, 5.74) is -0.373. The second kappa shape index (κ2) is 7.08. The van der Waals surface area contributed by atoms with Gasteiger partial charge < -0.3 is 14.5 Å². The van der Waals surface area contributed by atoms with E-state index in [4.69, 9.17) is 4.74 Å². The molecule has 1 N–H and O–H groups in total. The van der Waals surface area contributed by atoms with E-state index in [1.165, 1.54) is 17.0 Å². The molecule has 1 saturated heterocycles. The summed E-state index contributed by atoms with van der Waals surface area (Å²) in [6.45, 7) is 3.14. The van der Waals surface area contributed by atoms with Crippen LogP contribution < -0.4 is 15.4 Å². The Morgan fingerprint density at radius 1 is 1.36 bits per heavy atom. The Kier molecular flexibility index (Phi) is 4.73. The van der Waals surface area contributed by atoms with Crippen LogP contribution in [-0.2, 0) is 17.8 Å². The second-order valence-corrected chi connectivity index (χ2v) is 6.93. The molecule has 9 nitrogen and oxygen atoms in total. The number of anilines is 2. The van der Waals surface area contributed by atoms with Crippen molar-refractivity contribution < 1.29 is 17.9 Å². The monoisotopic (exact) mass is 399 g/mol. The number of alkyl halides is 3. The highest BCUT2D eigenvalue weighted by Gasteiger charge is 2.47. The van der Waals surface area contributed by atoms with E-state index in [-0.39, 0.29) is 42.9 Å². The summed E-state index contributed by atoms with van der Waals surface area (Å²) in [4.78, 5) is 24.0. The molecule has 2 aromatic rings. The van der Waals surface area contributed by atoms with Crippen LogP contribution in [0.3, 0.4) is 0 Å². The number of nitrogens with one attached hydrogen (secondary N) is 1. The van der Waals surface area contributed by atoms with Gasteiger partial charge in [-0.1, -0.05) is 0 Å². The fraction of sp³-hybridized carbons (Fsp3) is 0.625. The SMILES string of the molecule is C[C@@H]1COCCN1c1cc(=O)n2c(n1)N(Cc1ncn[nH]1)[C@H](C(F)(F)F)CC2. The summed E-state index contributed by atoms with van der Waals surface area (Å²) in [7, 11) is 0. The third kappa shape index (κ3) is 3.43. The molecule has 0 aliphatic carbocycles. The Morgan fingerprint density at radius 2 is 2.18 bits per heavy atom. The Labute approximate surface area is 158 Å². The molecule has 12 heteroatoms. The Balaban J connectivity index is 1.78. The number of aromatic nitrogens is 5. The van der Waals surface area contributed by atoms with Gasteiger partial charge >= 0.3 is 6.18 Å². The van der Waals surface area contributed by atoms with Gasteiger partial charge in [-0.05, 0) is 13.3 Å². The number of rotatable bonds is 3. The molecule has 4 rings (SSSR count). The maximum absolute atomic E-state index is 13.7. The van der Waals surface area contributed by atoms with Crippen molar-refractivity contribution in [3.63, 3.8) is 0 Å². The van der Waals surface area contributed by atoms with E-state index in [0.29, 0.717) is 25.6 Å². The van der Waals surface area contributed by atoms with Gasteiger partial charge in [-0.25, -0.2) is 4.98 Å². The predicted octanol–water partition coefficient (Wildman–Crippen LogP) is 0.928. The fourth-order valence-corrected chi connectivity index (χ4v) is 3.66. The smallest absolute Gasteiger partial charge is 0.377 e. The van der Waals surface area contributed by atoms with Crippen molar-refractivity contribution in [2.75, 3.05) is 29.6 Å². The summed E-state index contributed by atoms with van der Waals surface area (Å²) in [6, 6.07) is -0.415. The van der Waals surface area contributed by atoms with Crippen molar-refractivity contribution in [1.82, 2.24) is 24.7 Å². The second-order valence-electron chi connectivity index (χ2n) is 6.93. The number of ether oxygens (including phenoxy) is 1. The van der Waals surface area contributed by atoms with Gasteiger partial charge in [0.25, 0.3) is 5.56 Å².